The van der Waals surface area contributed by atoms with E-state index in [9.17, 15) is 13.2 Å². The van der Waals surface area contributed by atoms with Crippen LogP contribution in [0.1, 0.15) is 47.1 Å². The third kappa shape index (κ3) is 3.33. The number of aryl methyl sites for hydroxylation is 2. The van der Waals surface area contributed by atoms with Crippen molar-refractivity contribution >= 4 is 26.7 Å². The van der Waals surface area contributed by atoms with Gasteiger partial charge in [0.15, 0.2) is 5.78 Å². The van der Waals surface area contributed by atoms with Gasteiger partial charge in [-0.2, -0.15) is 0 Å². The Hall–Kier alpha value is -2.38. The standard InChI is InChI=1S/C20H22N2O4S/c1-12-9-15-17(21-16-6-3-7-18(23)20(15)16)11-19(12)27(24,25)22-13(2)10-14-5-4-8-26-14/h4-5,8-9,11,13,21-22H,3,6-7,10H2,1-2H3/t13-/m1/s1. The molecule has 0 amide bonds. The molecule has 0 radical (unpaired) electrons. The second-order valence-corrected chi connectivity index (χ2v) is 8.91. The van der Waals surface area contributed by atoms with E-state index in [0.717, 1.165) is 35.2 Å². The first-order chi connectivity index (χ1) is 12.8. The number of Topliss-reactive ketones (excluding diaryl/α,β-unsaturated/α-hetero) is 1. The lowest BCUT2D eigenvalue weighted by Crippen LogP contribution is -2.34. The lowest BCUT2D eigenvalue weighted by molar-refractivity contribution is 0.0974. The quantitative estimate of drug-likeness (QED) is 0.702. The maximum atomic E-state index is 12.9. The number of benzene rings is 1. The number of sulfonamides is 1. The average molecular weight is 386 g/mol. The Morgan fingerprint density at radius 2 is 2.11 bits per heavy atom. The predicted octanol–water partition coefficient (Wildman–Crippen LogP) is 3.50. The summed E-state index contributed by atoms with van der Waals surface area (Å²) in [5, 5.41) is 0.815. The molecule has 7 heteroatoms. The SMILES string of the molecule is Cc1cc2c3c([nH]c2cc1S(=O)(=O)N[C@H](C)Cc1ccco1)CCCC3=O. The molecule has 0 spiro atoms. The molecule has 6 nitrogen and oxygen atoms in total. The molecule has 1 aliphatic carbocycles. The predicted molar refractivity (Wildman–Crippen MR) is 102 cm³/mol. The Labute approximate surface area is 158 Å². The zero-order chi connectivity index (χ0) is 19.2. The third-order valence-corrected chi connectivity index (χ3v) is 6.75. The molecule has 0 bridgehead atoms. The number of carbonyl (C=O) groups excluding carboxylic acids is 1. The summed E-state index contributed by atoms with van der Waals surface area (Å²) in [5.74, 6) is 0.857. The van der Waals surface area contributed by atoms with Crippen LogP contribution >= 0.6 is 0 Å². The molecule has 4 rings (SSSR count). The number of furan rings is 1. The van der Waals surface area contributed by atoms with Crippen LogP contribution in [0, 0.1) is 6.92 Å². The number of H-pyrrole nitrogens is 1. The molecule has 0 aliphatic heterocycles. The van der Waals surface area contributed by atoms with Crippen molar-refractivity contribution in [2.24, 2.45) is 0 Å². The van der Waals surface area contributed by atoms with Gasteiger partial charge in [-0.3, -0.25) is 4.79 Å². The molecule has 0 saturated heterocycles. The van der Waals surface area contributed by atoms with Gasteiger partial charge < -0.3 is 9.40 Å². The second-order valence-electron chi connectivity index (χ2n) is 7.22. The fraction of sp³-hybridized carbons (Fsp3) is 0.350. The molecule has 27 heavy (non-hydrogen) atoms. The molecule has 0 unspecified atom stereocenters. The molecule has 2 N–H and O–H groups in total. The molecular formula is C20H22N2O4S. The number of carbonyl (C=O) groups is 1. The molecule has 2 heterocycles. The van der Waals surface area contributed by atoms with E-state index in [-0.39, 0.29) is 16.7 Å². The molecule has 1 aliphatic rings. The molecule has 2 aromatic heterocycles. The normalized spacial score (nSPS) is 15.9. The first kappa shape index (κ1) is 18.0. The van der Waals surface area contributed by atoms with E-state index in [2.05, 4.69) is 9.71 Å². The fourth-order valence-electron chi connectivity index (χ4n) is 3.83. The highest BCUT2D eigenvalue weighted by Gasteiger charge is 2.26. The average Bonchev–Trinajstić information content (AvgIpc) is 3.21. The maximum Gasteiger partial charge on any atom is 0.241 e. The molecule has 142 valence electrons. The lowest BCUT2D eigenvalue weighted by Gasteiger charge is -2.15. The highest BCUT2D eigenvalue weighted by Crippen LogP contribution is 2.32. The van der Waals surface area contributed by atoms with E-state index in [1.54, 1.807) is 38.3 Å². The van der Waals surface area contributed by atoms with Crippen molar-refractivity contribution in [3.05, 3.63) is 53.1 Å². The van der Waals surface area contributed by atoms with Gasteiger partial charge in [-0.05, 0) is 56.5 Å². The molecular weight excluding hydrogens is 364 g/mol. The number of rotatable bonds is 5. The van der Waals surface area contributed by atoms with Gasteiger partial charge in [0.1, 0.15) is 5.76 Å². The summed E-state index contributed by atoms with van der Waals surface area (Å²) < 4.78 is 33.8. The zero-order valence-electron chi connectivity index (χ0n) is 15.3. The minimum atomic E-state index is -3.70. The van der Waals surface area contributed by atoms with Gasteiger partial charge in [-0.1, -0.05) is 0 Å². The molecule has 0 fully saturated rings. The van der Waals surface area contributed by atoms with Crippen LogP contribution in [0.2, 0.25) is 0 Å². The number of aromatic nitrogens is 1. The van der Waals surface area contributed by atoms with Crippen molar-refractivity contribution in [1.82, 2.24) is 9.71 Å². The van der Waals surface area contributed by atoms with Crippen LogP contribution in [-0.2, 0) is 22.9 Å². The lowest BCUT2D eigenvalue weighted by atomic mass is 9.94. The minimum Gasteiger partial charge on any atom is -0.469 e. The van der Waals surface area contributed by atoms with E-state index in [1.807, 2.05) is 6.07 Å². The second kappa shape index (κ2) is 6.65. The zero-order valence-corrected chi connectivity index (χ0v) is 16.2. The number of ketones is 1. The maximum absolute atomic E-state index is 12.9. The Morgan fingerprint density at radius 3 is 2.85 bits per heavy atom. The van der Waals surface area contributed by atoms with Gasteiger partial charge in [0.25, 0.3) is 0 Å². The highest BCUT2D eigenvalue weighted by atomic mass is 32.2. The summed E-state index contributed by atoms with van der Waals surface area (Å²) in [6, 6.07) is 6.73. The van der Waals surface area contributed by atoms with Crippen molar-refractivity contribution in [2.75, 3.05) is 0 Å². The number of aromatic amines is 1. The van der Waals surface area contributed by atoms with E-state index in [1.165, 1.54) is 0 Å². The number of fused-ring (bicyclic) bond motifs is 3. The van der Waals surface area contributed by atoms with Crippen molar-refractivity contribution in [2.45, 2.75) is 50.5 Å². The smallest absolute Gasteiger partial charge is 0.241 e. The fourth-order valence-corrected chi connectivity index (χ4v) is 5.33. The summed E-state index contributed by atoms with van der Waals surface area (Å²) in [4.78, 5) is 15.8. The molecule has 0 saturated carbocycles. The Kier molecular flexibility index (Phi) is 4.44. The van der Waals surface area contributed by atoms with Crippen molar-refractivity contribution in [3.63, 3.8) is 0 Å². The van der Waals surface area contributed by atoms with Crippen molar-refractivity contribution in [3.8, 4) is 0 Å². The van der Waals surface area contributed by atoms with Gasteiger partial charge in [-0.25, -0.2) is 13.1 Å². The van der Waals surface area contributed by atoms with Crippen LogP contribution < -0.4 is 4.72 Å². The first-order valence-electron chi connectivity index (χ1n) is 9.08. The molecule has 3 aromatic rings. The molecule has 1 aromatic carbocycles. The van der Waals surface area contributed by atoms with Crippen LogP contribution in [-0.4, -0.2) is 25.2 Å². The van der Waals surface area contributed by atoms with Crippen LogP contribution in [0.4, 0.5) is 0 Å². The number of hydrogen-bond donors (Lipinski definition) is 2. The van der Waals surface area contributed by atoms with Gasteiger partial charge in [0.05, 0.1) is 11.2 Å². The summed E-state index contributed by atoms with van der Waals surface area (Å²) in [5.41, 5.74) is 2.96. The van der Waals surface area contributed by atoms with Crippen molar-refractivity contribution in [1.29, 1.82) is 0 Å². The minimum absolute atomic E-state index is 0.128. The largest absolute Gasteiger partial charge is 0.469 e. The Morgan fingerprint density at radius 1 is 1.30 bits per heavy atom. The van der Waals surface area contributed by atoms with E-state index >= 15 is 0 Å². The highest BCUT2D eigenvalue weighted by molar-refractivity contribution is 7.89. The Bertz CT molecular complexity index is 1110. The monoisotopic (exact) mass is 386 g/mol. The van der Waals surface area contributed by atoms with Gasteiger partial charge in [0.2, 0.25) is 10.0 Å². The Balaban J connectivity index is 1.68. The summed E-state index contributed by atoms with van der Waals surface area (Å²) in [6.45, 7) is 3.57. The summed E-state index contributed by atoms with van der Waals surface area (Å²) in [6.07, 6.45) is 4.23. The van der Waals surface area contributed by atoms with E-state index in [0.29, 0.717) is 23.9 Å². The molecule has 1 atom stereocenters. The van der Waals surface area contributed by atoms with E-state index in [4.69, 9.17) is 4.42 Å². The van der Waals surface area contributed by atoms with Crippen molar-refractivity contribution < 1.29 is 17.6 Å². The third-order valence-electron chi connectivity index (χ3n) is 5.01. The van der Waals surface area contributed by atoms with Crippen LogP contribution in [0.5, 0.6) is 0 Å². The van der Waals surface area contributed by atoms with E-state index < -0.39 is 10.0 Å². The number of hydrogen-bond acceptors (Lipinski definition) is 4. The van der Waals surface area contributed by atoms with Crippen LogP contribution in [0.25, 0.3) is 10.9 Å². The van der Waals surface area contributed by atoms with Gasteiger partial charge >= 0.3 is 0 Å². The van der Waals surface area contributed by atoms with Crippen LogP contribution in [0.3, 0.4) is 0 Å². The number of nitrogens with one attached hydrogen (secondary N) is 2. The van der Waals surface area contributed by atoms with Gasteiger partial charge in [0, 0.05) is 41.0 Å². The van der Waals surface area contributed by atoms with Crippen LogP contribution in [0.15, 0.2) is 39.8 Å². The van der Waals surface area contributed by atoms with Gasteiger partial charge in [-0.15, -0.1) is 0 Å². The summed E-state index contributed by atoms with van der Waals surface area (Å²) in [7, 11) is -3.70. The first-order valence-corrected chi connectivity index (χ1v) is 10.6. The topological polar surface area (TPSA) is 92.2 Å². The summed E-state index contributed by atoms with van der Waals surface area (Å²) >= 11 is 0.